The summed E-state index contributed by atoms with van der Waals surface area (Å²) in [5.74, 6) is -0.0103. The van der Waals surface area contributed by atoms with Gasteiger partial charge in [0.25, 0.3) is 0 Å². The van der Waals surface area contributed by atoms with E-state index in [1.807, 2.05) is 0 Å². The second-order valence-electron chi connectivity index (χ2n) is 26.3. The topological polar surface area (TPSA) is 95.9 Å². The molecular weight excluding hydrogens is 1020 g/mol. The molecule has 0 fully saturated rings. The Morgan fingerprint density at radius 2 is 0.602 bits per heavy atom. The number of rotatable bonds is 72. The number of allylic oxidation sites excluding steroid dienone is 4. The molecule has 0 heterocycles. The first kappa shape index (κ1) is 81.3. The summed E-state index contributed by atoms with van der Waals surface area (Å²) >= 11 is 0. The lowest BCUT2D eigenvalue weighted by molar-refractivity contribution is -0.143. The molecule has 0 saturated carbocycles. The van der Waals surface area contributed by atoms with Crippen molar-refractivity contribution in [2.24, 2.45) is 0 Å². The number of unbranched alkanes of at least 4 members (excludes halogenated alkanes) is 57. The predicted molar refractivity (Wildman–Crippen MR) is 366 cm³/mol. The summed E-state index contributed by atoms with van der Waals surface area (Å²) in [4.78, 5) is 24.6. The molecule has 2 atom stereocenters. The van der Waals surface area contributed by atoms with Crippen LogP contribution in [0, 0.1) is 0 Å². The highest BCUT2D eigenvalue weighted by Crippen LogP contribution is 2.20. The van der Waals surface area contributed by atoms with Gasteiger partial charge in [-0.05, 0) is 57.8 Å². The summed E-state index contributed by atoms with van der Waals surface area (Å²) in [6.45, 7) is 5.00. The number of carbonyl (C=O) groups excluding carboxylic acids is 2. The van der Waals surface area contributed by atoms with Crippen molar-refractivity contribution in [3.05, 3.63) is 24.3 Å². The SMILES string of the molecule is CCCCCCCCCCCCCCCCCCCCC(=O)OCCCCCCCCCCC/C=C\C/C=C\CCCCCCCCCCCCCCCCCCCC(=O)NC(CO)C(O)CCCCCCCCCCCCCCCCC. The standard InChI is InChI=1S/C77H149NO5/c1-3-5-7-9-11-13-15-17-19-20-39-43-47-51-55-59-63-67-71-77(82)83-72-68-64-60-56-52-48-44-40-37-35-33-31-29-27-25-23-21-22-24-26-28-30-32-34-36-38-42-46-50-54-58-62-66-70-76(81)78-74(73-79)75(80)69-65-61-57-53-49-45-41-18-16-14-12-10-8-6-4-2/h25,27,31,33,74-75,79-80H,3-24,26,28-30,32,34-73H2,1-2H3,(H,78,81)/b27-25-,33-31-. The van der Waals surface area contributed by atoms with E-state index in [4.69, 9.17) is 4.74 Å². The van der Waals surface area contributed by atoms with E-state index >= 15 is 0 Å². The molecule has 6 nitrogen and oxygen atoms in total. The summed E-state index contributed by atoms with van der Waals surface area (Å²) in [6.07, 6.45) is 92.6. The highest BCUT2D eigenvalue weighted by Gasteiger charge is 2.20. The Labute approximate surface area is 520 Å². The Hall–Kier alpha value is -1.66. The van der Waals surface area contributed by atoms with Gasteiger partial charge < -0.3 is 20.3 Å². The van der Waals surface area contributed by atoms with Crippen molar-refractivity contribution >= 4 is 11.9 Å². The second kappa shape index (κ2) is 72.8. The van der Waals surface area contributed by atoms with Crippen LogP contribution in [0.3, 0.4) is 0 Å². The van der Waals surface area contributed by atoms with Crippen molar-refractivity contribution < 1.29 is 24.5 Å². The molecule has 83 heavy (non-hydrogen) atoms. The van der Waals surface area contributed by atoms with E-state index in [-0.39, 0.29) is 18.5 Å². The molecule has 0 aromatic carbocycles. The maximum atomic E-state index is 12.5. The van der Waals surface area contributed by atoms with Crippen LogP contribution in [0.4, 0.5) is 0 Å². The molecule has 0 spiro atoms. The minimum Gasteiger partial charge on any atom is -0.466 e. The Balaban J connectivity index is 3.35. The van der Waals surface area contributed by atoms with Gasteiger partial charge in [0.1, 0.15) is 0 Å². The molecule has 0 bridgehead atoms. The number of esters is 1. The molecule has 492 valence electrons. The molecular formula is C77H149NO5. The van der Waals surface area contributed by atoms with Crippen LogP contribution in [0.1, 0.15) is 431 Å². The third-order valence-electron chi connectivity index (χ3n) is 18.0. The van der Waals surface area contributed by atoms with Crippen LogP contribution in [-0.2, 0) is 14.3 Å². The molecule has 0 rings (SSSR count). The summed E-state index contributed by atoms with van der Waals surface area (Å²) in [5.41, 5.74) is 0. The second-order valence-corrected chi connectivity index (χ2v) is 26.3. The largest absolute Gasteiger partial charge is 0.466 e. The lowest BCUT2D eigenvalue weighted by Gasteiger charge is -2.22. The van der Waals surface area contributed by atoms with E-state index in [1.54, 1.807) is 0 Å². The van der Waals surface area contributed by atoms with Gasteiger partial charge in [0.15, 0.2) is 0 Å². The van der Waals surface area contributed by atoms with E-state index in [1.165, 1.54) is 353 Å². The zero-order valence-electron chi connectivity index (χ0n) is 56.5. The number of ether oxygens (including phenoxy) is 1. The lowest BCUT2D eigenvalue weighted by Crippen LogP contribution is -2.45. The van der Waals surface area contributed by atoms with Crippen LogP contribution in [0.2, 0.25) is 0 Å². The molecule has 2 unspecified atom stereocenters. The fourth-order valence-corrected chi connectivity index (χ4v) is 12.2. The van der Waals surface area contributed by atoms with Crippen LogP contribution in [0.15, 0.2) is 24.3 Å². The van der Waals surface area contributed by atoms with Gasteiger partial charge in [0, 0.05) is 12.8 Å². The maximum absolute atomic E-state index is 12.5. The van der Waals surface area contributed by atoms with E-state index in [0.29, 0.717) is 25.9 Å². The number of hydrogen-bond acceptors (Lipinski definition) is 5. The average molecular weight is 1170 g/mol. The number of aliphatic hydroxyl groups is 2. The first-order chi connectivity index (χ1) is 41.0. The summed E-state index contributed by atoms with van der Waals surface area (Å²) in [5, 5.41) is 23.3. The van der Waals surface area contributed by atoms with Gasteiger partial charge in [0.05, 0.1) is 25.4 Å². The summed E-state index contributed by atoms with van der Waals surface area (Å²) in [7, 11) is 0. The Bertz CT molecular complexity index is 1300. The fourth-order valence-electron chi connectivity index (χ4n) is 12.2. The van der Waals surface area contributed by atoms with Crippen molar-refractivity contribution in [3.63, 3.8) is 0 Å². The van der Waals surface area contributed by atoms with Crippen LogP contribution < -0.4 is 5.32 Å². The molecule has 0 saturated heterocycles. The highest BCUT2D eigenvalue weighted by atomic mass is 16.5. The minimum atomic E-state index is -0.663. The Morgan fingerprint density at radius 3 is 0.916 bits per heavy atom. The van der Waals surface area contributed by atoms with Gasteiger partial charge >= 0.3 is 5.97 Å². The van der Waals surface area contributed by atoms with E-state index in [2.05, 4.69) is 43.5 Å². The van der Waals surface area contributed by atoms with Crippen molar-refractivity contribution in [2.75, 3.05) is 13.2 Å². The number of carbonyl (C=O) groups is 2. The number of amides is 1. The summed E-state index contributed by atoms with van der Waals surface area (Å²) in [6, 6.07) is -0.540. The molecule has 1 amide bonds. The average Bonchev–Trinajstić information content (AvgIpc) is 3.48. The number of nitrogens with one attached hydrogen (secondary N) is 1. The maximum Gasteiger partial charge on any atom is 0.305 e. The highest BCUT2D eigenvalue weighted by molar-refractivity contribution is 5.76. The van der Waals surface area contributed by atoms with Crippen LogP contribution in [-0.4, -0.2) is 47.4 Å². The number of hydrogen-bond donors (Lipinski definition) is 3. The van der Waals surface area contributed by atoms with Gasteiger partial charge in [-0.1, -0.05) is 385 Å². The molecule has 3 N–H and O–H groups in total. The fraction of sp³-hybridized carbons (Fsp3) is 0.922. The first-order valence-corrected chi connectivity index (χ1v) is 38.1. The Morgan fingerprint density at radius 1 is 0.337 bits per heavy atom. The molecule has 0 aromatic heterocycles. The van der Waals surface area contributed by atoms with Crippen LogP contribution in [0.5, 0.6) is 0 Å². The van der Waals surface area contributed by atoms with Crippen LogP contribution >= 0.6 is 0 Å². The Kier molecular flexibility index (Phi) is 71.4. The van der Waals surface area contributed by atoms with Crippen molar-refractivity contribution in [1.82, 2.24) is 5.32 Å². The first-order valence-electron chi connectivity index (χ1n) is 38.1. The zero-order valence-corrected chi connectivity index (χ0v) is 56.5. The van der Waals surface area contributed by atoms with Crippen molar-refractivity contribution in [1.29, 1.82) is 0 Å². The van der Waals surface area contributed by atoms with E-state index < -0.39 is 12.1 Å². The van der Waals surface area contributed by atoms with E-state index in [9.17, 15) is 19.8 Å². The molecule has 0 aliphatic heterocycles. The molecule has 6 heteroatoms. The zero-order chi connectivity index (χ0) is 59.9. The van der Waals surface area contributed by atoms with E-state index in [0.717, 1.165) is 44.9 Å². The molecule has 0 aromatic rings. The molecule has 0 radical (unpaired) electrons. The minimum absolute atomic E-state index is 0.0195. The van der Waals surface area contributed by atoms with Crippen LogP contribution in [0.25, 0.3) is 0 Å². The third-order valence-corrected chi connectivity index (χ3v) is 18.0. The smallest absolute Gasteiger partial charge is 0.305 e. The predicted octanol–water partition coefficient (Wildman–Crippen LogP) is 24.9. The monoisotopic (exact) mass is 1170 g/mol. The quantitative estimate of drug-likeness (QED) is 0.0320. The normalized spacial score (nSPS) is 12.6. The van der Waals surface area contributed by atoms with Gasteiger partial charge in [-0.3, -0.25) is 9.59 Å². The lowest BCUT2D eigenvalue weighted by atomic mass is 10.0. The molecule has 0 aliphatic carbocycles. The summed E-state index contributed by atoms with van der Waals surface area (Å²) < 4.78 is 5.51. The van der Waals surface area contributed by atoms with Crippen molar-refractivity contribution in [2.45, 2.75) is 443 Å². The van der Waals surface area contributed by atoms with Gasteiger partial charge in [-0.25, -0.2) is 0 Å². The van der Waals surface area contributed by atoms with Gasteiger partial charge in [0.2, 0.25) is 5.91 Å². The molecule has 0 aliphatic rings. The van der Waals surface area contributed by atoms with Gasteiger partial charge in [-0.15, -0.1) is 0 Å². The third kappa shape index (κ3) is 69.3. The number of aliphatic hydroxyl groups excluding tert-OH is 2. The van der Waals surface area contributed by atoms with Gasteiger partial charge in [-0.2, -0.15) is 0 Å². The van der Waals surface area contributed by atoms with Crippen molar-refractivity contribution in [3.8, 4) is 0 Å².